The van der Waals surface area contributed by atoms with Crippen LogP contribution in [0.25, 0.3) is 0 Å². The number of nitrogens with two attached hydrogens (primary N) is 1. The first-order chi connectivity index (χ1) is 12.9. The predicted molar refractivity (Wildman–Crippen MR) is 113 cm³/mol. The number of hydrogen-bond acceptors (Lipinski definition) is 4. The molecule has 1 aromatic carbocycles. The Kier molecular flexibility index (Phi) is 9.53. The second-order valence-electron chi connectivity index (χ2n) is 6.76. The molecule has 2 unspecified atom stereocenters. The van der Waals surface area contributed by atoms with Crippen LogP contribution in [0.1, 0.15) is 63.8 Å². The Morgan fingerprint density at radius 1 is 1.41 bits per heavy atom. The second kappa shape index (κ2) is 11.4. The topological polar surface area (TPSA) is 71.4 Å². The van der Waals surface area contributed by atoms with Crippen molar-refractivity contribution >= 4 is 6.21 Å². The largest absolute Gasteiger partial charge is 0.490 e. The van der Waals surface area contributed by atoms with Crippen molar-refractivity contribution in [2.75, 3.05) is 0 Å². The minimum Gasteiger partial charge on any atom is -0.490 e. The standard InChI is InChI=1S/C21H27N3O.C2H6/c1-14(2)25-16(4)18(11-22)10-15(3)12-24-13-17-6-5-7-20-19(17)8-9-21(20)23;1-2/h5-7,10,12,14-15,21H,4,8-9,13,23H2,1-3H3;1-2H3/b18-10-,24-12?;. The monoisotopic (exact) mass is 367 g/mol. The van der Waals surface area contributed by atoms with Crippen LogP contribution in [0, 0.1) is 17.2 Å². The molecule has 0 fully saturated rings. The first-order valence-electron chi connectivity index (χ1n) is 9.76. The van der Waals surface area contributed by atoms with Crippen LogP contribution in [0.15, 0.2) is 47.2 Å². The van der Waals surface area contributed by atoms with E-state index in [9.17, 15) is 5.26 Å². The van der Waals surface area contributed by atoms with Crippen molar-refractivity contribution in [1.29, 1.82) is 5.26 Å². The van der Waals surface area contributed by atoms with E-state index in [1.807, 2.05) is 46.9 Å². The van der Waals surface area contributed by atoms with Gasteiger partial charge in [-0.15, -0.1) is 0 Å². The number of rotatable bonds is 7. The Bertz CT molecular complexity index is 726. The van der Waals surface area contributed by atoms with E-state index in [0.29, 0.717) is 17.9 Å². The molecule has 2 atom stereocenters. The summed E-state index contributed by atoms with van der Waals surface area (Å²) in [4.78, 5) is 4.56. The molecule has 1 aromatic rings. The summed E-state index contributed by atoms with van der Waals surface area (Å²) >= 11 is 0. The van der Waals surface area contributed by atoms with Crippen LogP contribution in [-0.4, -0.2) is 12.3 Å². The molecular weight excluding hydrogens is 334 g/mol. The number of nitrogens with zero attached hydrogens (tertiary/aromatic N) is 2. The van der Waals surface area contributed by atoms with Crippen molar-refractivity contribution in [3.05, 3.63) is 58.9 Å². The van der Waals surface area contributed by atoms with E-state index in [2.05, 4.69) is 35.8 Å². The van der Waals surface area contributed by atoms with Gasteiger partial charge in [-0.05, 0) is 43.4 Å². The number of aliphatic imine (C=N–C) groups is 1. The van der Waals surface area contributed by atoms with Crippen LogP contribution < -0.4 is 5.73 Å². The van der Waals surface area contributed by atoms with E-state index < -0.39 is 0 Å². The molecule has 4 nitrogen and oxygen atoms in total. The molecule has 0 heterocycles. The van der Waals surface area contributed by atoms with Gasteiger partial charge < -0.3 is 10.5 Å². The molecule has 1 aliphatic rings. The van der Waals surface area contributed by atoms with Crippen LogP contribution in [0.4, 0.5) is 0 Å². The minimum atomic E-state index is -0.000213. The molecule has 1 aliphatic carbocycles. The molecule has 2 N–H and O–H groups in total. The summed E-state index contributed by atoms with van der Waals surface area (Å²) in [5, 5.41) is 9.28. The van der Waals surface area contributed by atoms with Gasteiger partial charge in [0, 0.05) is 18.2 Å². The maximum Gasteiger partial charge on any atom is 0.129 e. The highest BCUT2D eigenvalue weighted by atomic mass is 16.5. The van der Waals surface area contributed by atoms with E-state index in [0.717, 1.165) is 12.8 Å². The van der Waals surface area contributed by atoms with Gasteiger partial charge in [0.05, 0.1) is 18.2 Å². The number of ether oxygens (including phenoxy) is 1. The lowest BCUT2D eigenvalue weighted by Gasteiger charge is -2.12. The fourth-order valence-electron chi connectivity index (χ4n) is 3.07. The maximum atomic E-state index is 9.28. The van der Waals surface area contributed by atoms with Crippen molar-refractivity contribution in [2.24, 2.45) is 16.6 Å². The lowest BCUT2D eigenvalue weighted by molar-refractivity contribution is 0.156. The summed E-state index contributed by atoms with van der Waals surface area (Å²) in [5.41, 5.74) is 10.4. The first kappa shape index (κ1) is 22.7. The number of allylic oxidation sites excluding steroid dienone is 2. The SMILES string of the molecule is C=C(OC(C)C)/C(C#N)=C\C(C)C=NCc1cccc2c1CCC2N.CC. The Morgan fingerprint density at radius 2 is 2.11 bits per heavy atom. The molecule has 0 spiro atoms. The molecule has 27 heavy (non-hydrogen) atoms. The maximum absolute atomic E-state index is 9.28. The summed E-state index contributed by atoms with van der Waals surface area (Å²) in [6, 6.07) is 8.59. The third-order valence-corrected chi connectivity index (χ3v) is 4.24. The Balaban J connectivity index is 0.00000176. The Hall–Kier alpha value is -2.38. The van der Waals surface area contributed by atoms with Gasteiger partial charge in [-0.1, -0.05) is 51.6 Å². The Labute approximate surface area is 164 Å². The molecule has 0 amide bonds. The zero-order chi connectivity index (χ0) is 20.4. The summed E-state index contributed by atoms with van der Waals surface area (Å²) in [6.07, 6.45) is 5.74. The molecule has 0 aromatic heterocycles. The zero-order valence-corrected chi connectivity index (χ0v) is 17.3. The fraction of sp³-hybridized carbons (Fsp3) is 0.478. The third-order valence-electron chi connectivity index (χ3n) is 4.24. The number of benzene rings is 1. The van der Waals surface area contributed by atoms with E-state index in [1.165, 1.54) is 16.7 Å². The smallest absolute Gasteiger partial charge is 0.129 e. The molecule has 146 valence electrons. The van der Waals surface area contributed by atoms with Crippen molar-refractivity contribution in [2.45, 2.75) is 66.2 Å². The lowest BCUT2D eigenvalue weighted by Crippen LogP contribution is -2.05. The van der Waals surface area contributed by atoms with Crippen LogP contribution in [0.5, 0.6) is 0 Å². The predicted octanol–water partition coefficient (Wildman–Crippen LogP) is 5.25. The Morgan fingerprint density at radius 3 is 2.74 bits per heavy atom. The van der Waals surface area contributed by atoms with Crippen molar-refractivity contribution in [3.63, 3.8) is 0 Å². The summed E-state index contributed by atoms with van der Waals surface area (Å²) in [5.74, 6) is 0.439. The fourth-order valence-corrected chi connectivity index (χ4v) is 3.07. The minimum absolute atomic E-state index is 0.000213. The number of hydrogen-bond donors (Lipinski definition) is 1. The average molecular weight is 368 g/mol. The normalized spacial score (nSPS) is 17.1. The number of fused-ring (bicyclic) bond motifs is 1. The highest BCUT2D eigenvalue weighted by Crippen LogP contribution is 2.31. The average Bonchev–Trinajstić information content (AvgIpc) is 3.03. The van der Waals surface area contributed by atoms with Gasteiger partial charge in [-0.3, -0.25) is 4.99 Å². The highest BCUT2D eigenvalue weighted by Gasteiger charge is 2.20. The first-order valence-corrected chi connectivity index (χ1v) is 9.76. The molecule has 0 aliphatic heterocycles. The van der Waals surface area contributed by atoms with Gasteiger partial charge in [-0.2, -0.15) is 5.26 Å². The summed E-state index contributed by atoms with van der Waals surface area (Å²) in [6.45, 7) is 14.3. The van der Waals surface area contributed by atoms with E-state index in [1.54, 1.807) is 0 Å². The molecule has 0 saturated carbocycles. The zero-order valence-electron chi connectivity index (χ0n) is 17.3. The second-order valence-corrected chi connectivity index (χ2v) is 6.76. The molecule has 0 bridgehead atoms. The molecular formula is C23H33N3O. The molecule has 2 rings (SSSR count). The van der Waals surface area contributed by atoms with Crippen molar-refractivity contribution in [1.82, 2.24) is 0 Å². The van der Waals surface area contributed by atoms with E-state index in [4.69, 9.17) is 10.5 Å². The van der Waals surface area contributed by atoms with Gasteiger partial charge in [-0.25, -0.2) is 0 Å². The lowest BCUT2D eigenvalue weighted by atomic mass is 10.0. The van der Waals surface area contributed by atoms with Gasteiger partial charge in [0.25, 0.3) is 0 Å². The van der Waals surface area contributed by atoms with Gasteiger partial charge in [0.15, 0.2) is 0 Å². The molecule has 0 radical (unpaired) electrons. The summed E-state index contributed by atoms with van der Waals surface area (Å²) in [7, 11) is 0. The molecule has 0 saturated heterocycles. The van der Waals surface area contributed by atoms with E-state index in [-0.39, 0.29) is 18.1 Å². The van der Waals surface area contributed by atoms with Crippen LogP contribution >= 0.6 is 0 Å². The summed E-state index contributed by atoms with van der Waals surface area (Å²) < 4.78 is 5.50. The van der Waals surface area contributed by atoms with Crippen LogP contribution in [0.3, 0.4) is 0 Å². The van der Waals surface area contributed by atoms with Gasteiger partial charge >= 0.3 is 0 Å². The third kappa shape index (κ3) is 6.69. The van der Waals surface area contributed by atoms with Gasteiger partial charge in [0.2, 0.25) is 0 Å². The van der Waals surface area contributed by atoms with Crippen LogP contribution in [-0.2, 0) is 17.7 Å². The van der Waals surface area contributed by atoms with Crippen molar-refractivity contribution < 1.29 is 4.74 Å². The van der Waals surface area contributed by atoms with Gasteiger partial charge in [0.1, 0.15) is 11.8 Å². The quantitative estimate of drug-likeness (QED) is 0.309. The highest BCUT2D eigenvalue weighted by molar-refractivity contribution is 5.64. The van der Waals surface area contributed by atoms with E-state index >= 15 is 0 Å². The van der Waals surface area contributed by atoms with Crippen molar-refractivity contribution in [3.8, 4) is 6.07 Å². The van der Waals surface area contributed by atoms with Crippen LogP contribution in [0.2, 0.25) is 0 Å². The molecule has 4 heteroatoms. The number of nitriles is 1.